The summed E-state index contributed by atoms with van der Waals surface area (Å²) in [4.78, 5) is 12.7. The zero-order chi connectivity index (χ0) is 21.0. The first-order chi connectivity index (χ1) is 13.8. The van der Waals surface area contributed by atoms with Gasteiger partial charge in [-0.1, -0.05) is 37.6 Å². The molecule has 9 heteroatoms. The van der Waals surface area contributed by atoms with Crippen molar-refractivity contribution >= 4 is 27.5 Å². The van der Waals surface area contributed by atoms with Gasteiger partial charge < -0.3 is 14.8 Å². The van der Waals surface area contributed by atoms with Gasteiger partial charge in [-0.05, 0) is 42.3 Å². The number of ether oxygens (including phenoxy) is 2. The normalized spacial score (nSPS) is 17.0. The molecule has 2 aromatic rings. The molecule has 0 radical (unpaired) electrons. The lowest BCUT2D eigenvalue weighted by atomic mass is 10.1. The van der Waals surface area contributed by atoms with Gasteiger partial charge >= 0.3 is 0 Å². The van der Waals surface area contributed by atoms with Crippen LogP contribution in [0.25, 0.3) is 0 Å². The topological polar surface area (TPSA) is 93.7 Å². The Kier molecular flexibility index (Phi) is 6.66. The molecule has 2 atom stereocenters. The first kappa shape index (κ1) is 21.4. The van der Waals surface area contributed by atoms with E-state index in [9.17, 15) is 13.2 Å². The molecular formula is C20H23ClN2O5S. The maximum Gasteiger partial charge on any atom is 0.241 e. The maximum absolute atomic E-state index is 12.7. The van der Waals surface area contributed by atoms with E-state index in [-0.39, 0.29) is 23.5 Å². The zero-order valence-corrected chi connectivity index (χ0v) is 17.7. The highest BCUT2D eigenvalue weighted by Crippen LogP contribution is 2.30. The fourth-order valence-electron chi connectivity index (χ4n) is 2.83. The van der Waals surface area contributed by atoms with Crippen LogP contribution >= 0.6 is 11.6 Å². The van der Waals surface area contributed by atoms with Gasteiger partial charge in [-0.2, -0.15) is 4.72 Å². The summed E-state index contributed by atoms with van der Waals surface area (Å²) in [6, 6.07) is 12.1. The molecule has 0 spiro atoms. The van der Waals surface area contributed by atoms with Crippen molar-refractivity contribution in [3.05, 3.63) is 53.6 Å². The van der Waals surface area contributed by atoms with Gasteiger partial charge in [-0.3, -0.25) is 4.79 Å². The van der Waals surface area contributed by atoms with Crippen molar-refractivity contribution in [2.45, 2.75) is 30.9 Å². The van der Waals surface area contributed by atoms with Crippen LogP contribution in [-0.4, -0.2) is 39.6 Å². The zero-order valence-electron chi connectivity index (χ0n) is 16.1. The molecule has 1 amide bonds. The quantitative estimate of drug-likeness (QED) is 0.693. The van der Waals surface area contributed by atoms with Crippen molar-refractivity contribution < 1.29 is 22.7 Å². The van der Waals surface area contributed by atoms with Gasteiger partial charge in [0.05, 0.1) is 11.4 Å². The number of para-hydroxylation sites is 2. The summed E-state index contributed by atoms with van der Waals surface area (Å²) in [7, 11) is -3.87. The van der Waals surface area contributed by atoms with Crippen LogP contribution in [0.15, 0.2) is 53.4 Å². The number of sulfonamides is 1. The summed E-state index contributed by atoms with van der Waals surface area (Å²) >= 11 is 5.81. The molecule has 1 heterocycles. The van der Waals surface area contributed by atoms with Crippen LogP contribution in [-0.2, 0) is 14.8 Å². The molecule has 156 valence electrons. The third-order valence-electron chi connectivity index (χ3n) is 4.43. The lowest BCUT2D eigenvalue weighted by Crippen LogP contribution is -2.52. The Morgan fingerprint density at radius 2 is 1.79 bits per heavy atom. The van der Waals surface area contributed by atoms with E-state index in [2.05, 4.69) is 10.0 Å². The molecule has 0 fully saturated rings. The number of hydrogen-bond acceptors (Lipinski definition) is 5. The minimum Gasteiger partial charge on any atom is -0.486 e. The number of carbonyl (C=O) groups is 1. The number of carbonyl (C=O) groups excluding carboxylic acids is 1. The van der Waals surface area contributed by atoms with Crippen LogP contribution in [0.4, 0.5) is 0 Å². The van der Waals surface area contributed by atoms with Gasteiger partial charge in [0.2, 0.25) is 15.9 Å². The monoisotopic (exact) mass is 438 g/mol. The Balaban J connectivity index is 1.62. The predicted molar refractivity (Wildman–Crippen MR) is 110 cm³/mol. The van der Waals surface area contributed by atoms with E-state index in [4.69, 9.17) is 21.1 Å². The molecule has 0 saturated heterocycles. The number of hydrogen-bond donors (Lipinski definition) is 2. The average Bonchev–Trinajstić information content (AvgIpc) is 2.70. The first-order valence-electron chi connectivity index (χ1n) is 9.20. The fourth-order valence-corrected chi connectivity index (χ4v) is 4.30. The van der Waals surface area contributed by atoms with Crippen molar-refractivity contribution in [2.75, 3.05) is 13.2 Å². The van der Waals surface area contributed by atoms with Crippen molar-refractivity contribution in [2.24, 2.45) is 5.92 Å². The Morgan fingerprint density at radius 3 is 2.45 bits per heavy atom. The predicted octanol–water partition coefficient (Wildman–Crippen LogP) is 2.60. The molecule has 7 nitrogen and oxygen atoms in total. The summed E-state index contributed by atoms with van der Waals surface area (Å²) < 4.78 is 39.2. The molecule has 2 aromatic carbocycles. The van der Waals surface area contributed by atoms with E-state index in [0.29, 0.717) is 23.1 Å². The molecule has 2 N–H and O–H groups in total. The third kappa shape index (κ3) is 5.41. The van der Waals surface area contributed by atoms with Crippen LogP contribution in [0.1, 0.15) is 13.8 Å². The molecule has 29 heavy (non-hydrogen) atoms. The average molecular weight is 439 g/mol. The van der Waals surface area contributed by atoms with E-state index in [1.54, 1.807) is 19.9 Å². The Bertz CT molecular complexity index is 963. The molecule has 0 saturated carbocycles. The van der Waals surface area contributed by atoms with Gasteiger partial charge in [-0.15, -0.1) is 0 Å². The highest BCUT2D eigenvalue weighted by atomic mass is 35.5. The van der Waals surface area contributed by atoms with Gasteiger partial charge in [0.1, 0.15) is 18.8 Å². The largest absolute Gasteiger partial charge is 0.486 e. The second-order valence-corrected chi connectivity index (χ2v) is 9.19. The number of nitrogens with one attached hydrogen (secondary N) is 2. The Morgan fingerprint density at radius 1 is 1.14 bits per heavy atom. The van der Waals surface area contributed by atoms with Crippen molar-refractivity contribution in [1.29, 1.82) is 0 Å². The second-order valence-electron chi connectivity index (χ2n) is 7.04. The number of halogens is 1. The second kappa shape index (κ2) is 9.02. The molecule has 1 unspecified atom stereocenters. The van der Waals surface area contributed by atoms with Crippen molar-refractivity contribution in [1.82, 2.24) is 10.0 Å². The molecule has 3 rings (SSSR count). The summed E-state index contributed by atoms with van der Waals surface area (Å²) in [5, 5.41) is 3.18. The maximum atomic E-state index is 12.7. The smallest absolute Gasteiger partial charge is 0.241 e. The number of fused-ring (bicyclic) bond motifs is 1. The summed E-state index contributed by atoms with van der Waals surface area (Å²) in [6.45, 7) is 4.02. The van der Waals surface area contributed by atoms with Crippen LogP contribution < -0.4 is 19.5 Å². The standard InChI is InChI=1S/C20H23ClN2O5S/c1-13(2)19(23-29(25,26)16-9-7-14(21)8-10-16)20(24)22-11-15-12-27-17-5-3-4-6-18(17)28-15/h3-10,13,15,19,23H,11-12H2,1-2H3,(H,22,24)/t15?,19-/m0/s1. The summed E-state index contributed by atoms with van der Waals surface area (Å²) in [5.41, 5.74) is 0. The van der Waals surface area contributed by atoms with Gasteiger partial charge in [0.15, 0.2) is 11.5 Å². The molecule has 1 aliphatic heterocycles. The molecule has 0 bridgehead atoms. The van der Waals surface area contributed by atoms with E-state index in [1.165, 1.54) is 24.3 Å². The van der Waals surface area contributed by atoms with E-state index in [1.807, 2.05) is 18.2 Å². The van der Waals surface area contributed by atoms with Crippen LogP contribution in [0.2, 0.25) is 5.02 Å². The van der Waals surface area contributed by atoms with Crippen LogP contribution in [0.3, 0.4) is 0 Å². The lowest BCUT2D eigenvalue weighted by Gasteiger charge is -2.28. The van der Waals surface area contributed by atoms with Crippen LogP contribution in [0, 0.1) is 5.92 Å². The highest BCUT2D eigenvalue weighted by Gasteiger charge is 2.29. The minimum atomic E-state index is -3.87. The van der Waals surface area contributed by atoms with E-state index >= 15 is 0 Å². The lowest BCUT2D eigenvalue weighted by molar-refractivity contribution is -0.124. The number of amides is 1. The molecule has 0 aromatic heterocycles. The first-order valence-corrected chi connectivity index (χ1v) is 11.1. The van der Waals surface area contributed by atoms with E-state index < -0.39 is 22.0 Å². The fraction of sp³-hybridized carbons (Fsp3) is 0.350. The van der Waals surface area contributed by atoms with Crippen molar-refractivity contribution in [3.63, 3.8) is 0 Å². The third-order valence-corrected chi connectivity index (χ3v) is 6.14. The molecule has 0 aliphatic carbocycles. The van der Waals surface area contributed by atoms with Crippen LogP contribution in [0.5, 0.6) is 11.5 Å². The highest BCUT2D eigenvalue weighted by molar-refractivity contribution is 7.89. The SMILES string of the molecule is CC(C)[C@H](NS(=O)(=O)c1ccc(Cl)cc1)C(=O)NCC1COc2ccccc2O1. The molecule has 1 aliphatic rings. The van der Waals surface area contributed by atoms with Gasteiger partial charge in [-0.25, -0.2) is 8.42 Å². The van der Waals surface area contributed by atoms with E-state index in [0.717, 1.165) is 0 Å². The van der Waals surface area contributed by atoms with Gasteiger partial charge in [0, 0.05) is 5.02 Å². The Hall–Kier alpha value is -2.29. The molecular weight excluding hydrogens is 416 g/mol. The number of benzene rings is 2. The summed E-state index contributed by atoms with van der Waals surface area (Å²) in [6.07, 6.45) is -0.366. The van der Waals surface area contributed by atoms with Gasteiger partial charge in [0.25, 0.3) is 0 Å². The van der Waals surface area contributed by atoms with Crippen molar-refractivity contribution in [3.8, 4) is 11.5 Å². The number of rotatable bonds is 7. The Labute approximate surface area is 175 Å². The minimum absolute atomic E-state index is 0.0426. The summed E-state index contributed by atoms with van der Waals surface area (Å²) in [5.74, 6) is 0.578.